The highest BCUT2D eigenvalue weighted by Crippen LogP contribution is 2.32. The highest BCUT2D eigenvalue weighted by Gasteiger charge is 2.35. The van der Waals surface area contributed by atoms with Crippen LogP contribution in [0, 0.1) is 0 Å². The second kappa shape index (κ2) is 8.96. The number of hydrogen-bond donors (Lipinski definition) is 2. The lowest BCUT2D eigenvalue weighted by molar-refractivity contribution is -0.124. The molecule has 0 unspecified atom stereocenters. The molecule has 3 rings (SSSR count). The van der Waals surface area contributed by atoms with Crippen LogP contribution in [0.15, 0.2) is 59.8 Å². The van der Waals surface area contributed by atoms with Crippen molar-refractivity contribution in [3.8, 4) is 0 Å². The van der Waals surface area contributed by atoms with Gasteiger partial charge in [-0.15, -0.1) is 0 Å². The van der Waals surface area contributed by atoms with Crippen LogP contribution in [0.5, 0.6) is 0 Å². The number of amides is 4. The van der Waals surface area contributed by atoms with Crippen molar-refractivity contribution in [2.24, 2.45) is 0 Å². The molecule has 1 saturated heterocycles. The maximum absolute atomic E-state index is 12.4. The maximum atomic E-state index is 12.4. The molecule has 2 heterocycles. The third-order valence-corrected chi connectivity index (χ3v) is 4.70. The first kappa shape index (κ1) is 19.3. The number of pyridine rings is 1. The van der Waals surface area contributed by atoms with Crippen LogP contribution in [0.3, 0.4) is 0 Å². The zero-order valence-electron chi connectivity index (χ0n) is 14.6. The van der Waals surface area contributed by atoms with Gasteiger partial charge in [0.25, 0.3) is 17.1 Å². The minimum atomic E-state index is -0.520. The van der Waals surface area contributed by atoms with Crippen molar-refractivity contribution in [2.45, 2.75) is 6.42 Å². The largest absolute Gasteiger partial charge is 0.293 e. The second-order valence-corrected chi connectivity index (χ2v) is 6.73. The Balaban J connectivity index is 1.50. The van der Waals surface area contributed by atoms with Gasteiger partial charge in [-0.3, -0.25) is 39.9 Å². The number of benzene rings is 1. The Labute approximate surface area is 165 Å². The third-order valence-electron chi connectivity index (χ3n) is 3.79. The number of hydrazine groups is 1. The van der Waals surface area contributed by atoms with Crippen molar-refractivity contribution >= 4 is 40.8 Å². The Morgan fingerprint density at radius 3 is 2.46 bits per heavy atom. The fraction of sp³-hybridized carbons (Fsp3) is 0.105. The van der Waals surface area contributed by atoms with Crippen molar-refractivity contribution in [1.82, 2.24) is 20.7 Å². The molecule has 8 nitrogen and oxygen atoms in total. The molecular formula is C19H16N4O4S. The zero-order chi connectivity index (χ0) is 19.9. The SMILES string of the molecule is O=C(CCN1C(=O)SC(=Cc2ccccc2)C1=O)NNC(=O)c1ccncc1. The Kier molecular flexibility index (Phi) is 6.18. The van der Waals surface area contributed by atoms with Crippen molar-refractivity contribution in [2.75, 3.05) is 6.54 Å². The molecule has 1 fully saturated rings. The van der Waals surface area contributed by atoms with Crippen LogP contribution in [0.4, 0.5) is 4.79 Å². The van der Waals surface area contributed by atoms with E-state index in [1.54, 1.807) is 6.08 Å². The predicted octanol–water partition coefficient (Wildman–Crippen LogP) is 1.97. The standard InChI is InChI=1S/C19H16N4O4S/c24-16(21-22-17(25)14-6-9-20-10-7-14)8-11-23-18(26)15(28-19(23)27)12-13-4-2-1-3-5-13/h1-7,9-10,12H,8,11H2,(H,21,24)(H,22,25). The van der Waals surface area contributed by atoms with Gasteiger partial charge in [0.05, 0.1) is 4.91 Å². The first-order valence-electron chi connectivity index (χ1n) is 8.34. The molecule has 142 valence electrons. The normalized spacial score (nSPS) is 15.0. The molecule has 1 aromatic heterocycles. The van der Waals surface area contributed by atoms with Gasteiger partial charge in [0.2, 0.25) is 5.91 Å². The van der Waals surface area contributed by atoms with Gasteiger partial charge >= 0.3 is 0 Å². The van der Waals surface area contributed by atoms with Crippen molar-refractivity contribution in [3.05, 3.63) is 70.9 Å². The topological polar surface area (TPSA) is 108 Å². The highest BCUT2D eigenvalue weighted by atomic mass is 32.2. The van der Waals surface area contributed by atoms with Crippen LogP contribution in [0.25, 0.3) is 6.08 Å². The van der Waals surface area contributed by atoms with Gasteiger partial charge in [-0.1, -0.05) is 30.3 Å². The number of aromatic nitrogens is 1. The molecule has 28 heavy (non-hydrogen) atoms. The van der Waals surface area contributed by atoms with Crippen LogP contribution in [-0.2, 0) is 9.59 Å². The summed E-state index contributed by atoms with van der Waals surface area (Å²) in [5, 5.41) is -0.430. The molecule has 1 aromatic carbocycles. The average molecular weight is 396 g/mol. The van der Waals surface area contributed by atoms with E-state index in [9.17, 15) is 19.2 Å². The van der Waals surface area contributed by atoms with E-state index in [1.807, 2.05) is 30.3 Å². The molecular weight excluding hydrogens is 380 g/mol. The number of carbonyl (C=O) groups excluding carboxylic acids is 4. The summed E-state index contributed by atoms with van der Waals surface area (Å²) in [4.78, 5) is 53.3. The number of thioether (sulfide) groups is 1. The quantitative estimate of drug-likeness (QED) is 0.591. The van der Waals surface area contributed by atoms with Gasteiger partial charge in [0.15, 0.2) is 0 Å². The molecule has 0 spiro atoms. The number of nitrogens with one attached hydrogen (secondary N) is 2. The summed E-state index contributed by atoms with van der Waals surface area (Å²) in [5.41, 5.74) is 5.67. The fourth-order valence-corrected chi connectivity index (χ4v) is 3.24. The second-order valence-electron chi connectivity index (χ2n) is 5.73. The number of rotatable bonds is 5. The molecule has 4 amide bonds. The summed E-state index contributed by atoms with van der Waals surface area (Å²) in [6.45, 7) is -0.0756. The van der Waals surface area contributed by atoms with Gasteiger partial charge in [0.1, 0.15) is 0 Å². The van der Waals surface area contributed by atoms with Crippen LogP contribution in [0.2, 0.25) is 0 Å². The average Bonchev–Trinajstić information content (AvgIpc) is 2.98. The van der Waals surface area contributed by atoms with Crippen molar-refractivity contribution < 1.29 is 19.2 Å². The van der Waals surface area contributed by atoms with E-state index in [1.165, 1.54) is 24.5 Å². The van der Waals surface area contributed by atoms with Crippen LogP contribution >= 0.6 is 11.8 Å². The summed E-state index contributed by atoms with van der Waals surface area (Å²) in [7, 11) is 0. The monoisotopic (exact) mass is 396 g/mol. The maximum Gasteiger partial charge on any atom is 0.293 e. The molecule has 9 heteroatoms. The van der Waals surface area contributed by atoms with E-state index >= 15 is 0 Å². The molecule has 2 N–H and O–H groups in total. The summed E-state index contributed by atoms with van der Waals surface area (Å²) < 4.78 is 0. The molecule has 0 radical (unpaired) electrons. The van der Waals surface area contributed by atoms with E-state index in [0.29, 0.717) is 10.5 Å². The van der Waals surface area contributed by atoms with Crippen LogP contribution in [0.1, 0.15) is 22.3 Å². The van der Waals surface area contributed by atoms with E-state index in [2.05, 4.69) is 15.8 Å². The lowest BCUT2D eigenvalue weighted by atomic mass is 10.2. The first-order valence-corrected chi connectivity index (χ1v) is 9.16. The summed E-state index contributed by atoms with van der Waals surface area (Å²) >= 11 is 0.835. The van der Waals surface area contributed by atoms with Gasteiger partial charge in [-0.2, -0.15) is 0 Å². The Hall–Kier alpha value is -3.46. The predicted molar refractivity (Wildman–Crippen MR) is 104 cm³/mol. The third kappa shape index (κ3) is 4.83. The van der Waals surface area contributed by atoms with Gasteiger partial charge in [-0.05, 0) is 35.5 Å². The van der Waals surface area contributed by atoms with E-state index in [4.69, 9.17) is 0 Å². The first-order chi connectivity index (χ1) is 13.5. The minimum absolute atomic E-state index is 0.0756. The Morgan fingerprint density at radius 2 is 1.75 bits per heavy atom. The summed E-state index contributed by atoms with van der Waals surface area (Å²) in [6.07, 6.45) is 4.42. The lowest BCUT2D eigenvalue weighted by Gasteiger charge is -2.12. The molecule has 2 aromatic rings. The van der Waals surface area contributed by atoms with E-state index < -0.39 is 23.0 Å². The molecule has 1 aliphatic heterocycles. The van der Waals surface area contributed by atoms with Crippen LogP contribution < -0.4 is 10.9 Å². The number of carbonyl (C=O) groups is 4. The summed E-state index contributed by atoms with van der Waals surface area (Å²) in [5.74, 6) is -1.45. The van der Waals surface area contributed by atoms with Gasteiger partial charge in [-0.25, -0.2) is 0 Å². The number of imide groups is 1. The van der Waals surface area contributed by atoms with Gasteiger partial charge in [0, 0.05) is 30.9 Å². The van der Waals surface area contributed by atoms with Gasteiger partial charge < -0.3 is 0 Å². The summed E-state index contributed by atoms with van der Waals surface area (Å²) in [6, 6.07) is 12.2. The zero-order valence-corrected chi connectivity index (χ0v) is 15.4. The molecule has 1 aliphatic rings. The Morgan fingerprint density at radius 1 is 1.04 bits per heavy atom. The van der Waals surface area contributed by atoms with E-state index in [0.717, 1.165) is 22.2 Å². The van der Waals surface area contributed by atoms with Crippen molar-refractivity contribution in [3.63, 3.8) is 0 Å². The lowest BCUT2D eigenvalue weighted by Crippen LogP contribution is -2.43. The number of nitrogens with zero attached hydrogens (tertiary/aromatic N) is 2. The molecule has 0 bridgehead atoms. The van der Waals surface area contributed by atoms with Crippen LogP contribution in [-0.4, -0.2) is 39.4 Å². The molecule has 0 saturated carbocycles. The fourth-order valence-electron chi connectivity index (χ4n) is 2.37. The van der Waals surface area contributed by atoms with Crippen molar-refractivity contribution in [1.29, 1.82) is 0 Å². The molecule has 0 aliphatic carbocycles. The number of hydrogen-bond acceptors (Lipinski definition) is 6. The Bertz CT molecular complexity index is 931. The molecule has 0 atom stereocenters. The van der Waals surface area contributed by atoms with E-state index in [-0.39, 0.29) is 13.0 Å². The smallest absolute Gasteiger partial charge is 0.273 e. The highest BCUT2D eigenvalue weighted by molar-refractivity contribution is 8.18. The minimum Gasteiger partial charge on any atom is -0.273 e.